The fourth-order valence-corrected chi connectivity index (χ4v) is 2.71. The average molecular weight is 360 g/mol. The molecule has 1 atom stereocenters. The van der Waals surface area contributed by atoms with Gasteiger partial charge in [-0.25, -0.2) is 0 Å². The fourth-order valence-electron chi connectivity index (χ4n) is 2.22. The maximum atomic E-state index is 12.1. The zero-order valence-electron chi connectivity index (χ0n) is 12.8. The SMILES string of the molecule is CN(CC(=O)Nc1c(Cl)cccc1Cl)C(=O)CC1COCCN1. The fraction of sp³-hybridized carbons (Fsp3) is 0.467. The summed E-state index contributed by atoms with van der Waals surface area (Å²) in [7, 11) is 1.58. The van der Waals surface area contributed by atoms with E-state index in [9.17, 15) is 9.59 Å². The molecule has 0 bridgehead atoms. The summed E-state index contributed by atoms with van der Waals surface area (Å²) in [5.41, 5.74) is 0.351. The number of para-hydroxylation sites is 1. The first-order valence-corrected chi connectivity index (χ1v) is 8.02. The molecular formula is C15H19Cl2N3O3. The minimum Gasteiger partial charge on any atom is -0.378 e. The number of rotatable bonds is 5. The summed E-state index contributed by atoms with van der Waals surface area (Å²) >= 11 is 12.0. The van der Waals surface area contributed by atoms with E-state index in [0.717, 1.165) is 6.54 Å². The van der Waals surface area contributed by atoms with Gasteiger partial charge in [0.1, 0.15) is 0 Å². The normalized spacial score (nSPS) is 17.6. The molecule has 8 heteroatoms. The number of ether oxygens (including phenoxy) is 1. The van der Waals surface area contributed by atoms with Crippen LogP contribution in [0.4, 0.5) is 5.69 Å². The Balaban J connectivity index is 1.85. The molecule has 0 aliphatic carbocycles. The minimum atomic E-state index is -0.358. The lowest BCUT2D eigenvalue weighted by atomic mass is 10.2. The van der Waals surface area contributed by atoms with Crippen LogP contribution in [0.1, 0.15) is 6.42 Å². The Morgan fingerprint density at radius 2 is 2.09 bits per heavy atom. The number of benzene rings is 1. The predicted octanol–water partition coefficient (Wildman–Crippen LogP) is 1.77. The monoisotopic (exact) mass is 359 g/mol. The highest BCUT2D eigenvalue weighted by atomic mass is 35.5. The van der Waals surface area contributed by atoms with E-state index in [1.54, 1.807) is 25.2 Å². The molecular weight excluding hydrogens is 341 g/mol. The van der Waals surface area contributed by atoms with Crippen LogP contribution in [0, 0.1) is 0 Å². The van der Waals surface area contributed by atoms with E-state index >= 15 is 0 Å². The molecule has 2 rings (SSSR count). The van der Waals surface area contributed by atoms with Gasteiger partial charge in [-0.05, 0) is 12.1 Å². The summed E-state index contributed by atoms with van der Waals surface area (Å²) in [6.45, 7) is 1.81. The number of halogens is 2. The number of nitrogens with zero attached hydrogens (tertiary/aromatic N) is 1. The summed E-state index contributed by atoms with van der Waals surface area (Å²) in [4.78, 5) is 25.6. The van der Waals surface area contributed by atoms with Crippen molar-refractivity contribution >= 4 is 40.7 Å². The molecule has 0 aromatic heterocycles. The molecule has 23 heavy (non-hydrogen) atoms. The molecule has 1 fully saturated rings. The Kier molecular flexibility index (Phi) is 6.65. The third-order valence-corrected chi connectivity index (χ3v) is 4.08. The van der Waals surface area contributed by atoms with Crippen molar-refractivity contribution in [3.63, 3.8) is 0 Å². The lowest BCUT2D eigenvalue weighted by molar-refractivity contribution is -0.134. The Bertz CT molecular complexity index is 557. The lowest BCUT2D eigenvalue weighted by Gasteiger charge is -2.25. The van der Waals surface area contributed by atoms with Crippen LogP contribution >= 0.6 is 23.2 Å². The maximum absolute atomic E-state index is 12.1. The van der Waals surface area contributed by atoms with Crippen LogP contribution in [0.3, 0.4) is 0 Å². The molecule has 126 valence electrons. The van der Waals surface area contributed by atoms with Crippen LogP contribution in [0.2, 0.25) is 10.0 Å². The molecule has 1 aliphatic heterocycles. The van der Waals surface area contributed by atoms with E-state index in [-0.39, 0.29) is 30.8 Å². The van der Waals surface area contributed by atoms with Gasteiger partial charge in [0.2, 0.25) is 11.8 Å². The van der Waals surface area contributed by atoms with Crippen LogP contribution in [0.5, 0.6) is 0 Å². The van der Waals surface area contributed by atoms with Crippen molar-refractivity contribution in [3.05, 3.63) is 28.2 Å². The molecule has 2 N–H and O–H groups in total. The number of hydrogen-bond donors (Lipinski definition) is 2. The molecule has 0 spiro atoms. The number of morpholine rings is 1. The molecule has 1 unspecified atom stereocenters. The Morgan fingerprint density at radius 3 is 2.70 bits per heavy atom. The first-order valence-electron chi connectivity index (χ1n) is 7.26. The number of likely N-dealkylation sites (N-methyl/N-ethyl adjacent to an activating group) is 1. The number of carbonyl (C=O) groups is 2. The number of amides is 2. The number of carbonyl (C=O) groups excluding carboxylic acids is 2. The first kappa shape index (κ1) is 18.0. The zero-order valence-corrected chi connectivity index (χ0v) is 14.3. The standard InChI is InChI=1S/C15H19Cl2N3O3/c1-20(14(22)7-10-9-23-6-5-18-10)8-13(21)19-15-11(16)3-2-4-12(15)17/h2-4,10,18H,5-9H2,1H3,(H,19,21). The summed E-state index contributed by atoms with van der Waals surface area (Å²) < 4.78 is 5.31. The van der Waals surface area contributed by atoms with Crippen molar-refractivity contribution in [2.24, 2.45) is 0 Å². The van der Waals surface area contributed by atoms with E-state index in [1.165, 1.54) is 4.90 Å². The van der Waals surface area contributed by atoms with Gasteiger partial charge < -0.3 is 20.3 Å². The van der Waals surface area contributed by atoms with E-state index < -0.39 is 0 Å². The van der Waals surface area contributed by atoms with E-state index in [0.29, 0.717) is 28.9 Å². The van der Waals surface area contributed by atoms with E-state index in [4.69, 9.17) is 27.9 Å². The van der Waals surface area contributed by atoms with Crippen molar-refractivity contribution in [1.29, 1.82) is 0 Å². The van der Waals surface area contributed by atoms with Crippen LogP contribution < -0.4 is 10.6 Å². The summed E-state index contributed by atoms with van der Waals surface area (Å²) in [6, 6.07) is 4.94. The Morgan fingerprint density at radius 1 is 1.39 bits per heavy atom. The van der Waals surface area contributed by atoms with Gasteiger partial charge in [0.15, 0.2) is 0 Å². The second-order valence-electron chi connectivity index (χ2n) is 5.32. The highest BCUT2D eigenvalue weighted by Gasteiger charge is 2.21. The van der Waals surface area contributed by atoms with Gasteiger partial charge in [0.05, 0.1) is 35.5 Å². The van der Waals surface area contributed by atoms with Gasteiger partial charge in [0.25, 0.3) is 0 Å². The lowest BCUT2D eigenvalue weighted by Crippen LogP contribution is -2.45. The molecule has 1 aliphatic rings. The van der Waals surface area contributed by atoms with Gasteiger partial charge >= 0.3 is 0 Å². The second-order valence-corrected chi connectivity index (χ2v) is 6.14. The van der Waals surface area contributed by atoms with Crippen LogP contribution in [0.15, 0.2) is 18.2 Å². The molecule has 1 heterocycles. The summed E-state index contributed by atoms with van der Waals surface area (Å²) in [5, 5.41) is 6.54. The zero-order chi connectivity index (χ0) is 16.8. The van der Waals surface area contributed by atoms with Crippen molar-refractivity contribution in [2.45, 2.75) is 12.5 Å². The van der Waals surface area contributed by atoms with Gasteiger partial charge in [-0.2, -0.15) is 0 Å². The molecule has 1 aromatic carbocycles. The average Bonchev–Trinajstić information content (AvgIpc) is 2.52. The summed E-state index contributed by atoms with van der Waals surface area (Å²) in [5.74, 6) is -0.489. The topological polar surface area (TPSA) is 70.7 Å². The maximum Gasteiger partial charge on any atom is 0.244 e. The smallest absolute Gasteiger partial charge is 0.244 e. The largest absolute Gasteiger partial charge is 0.378 e. The van der Waals surface area contributed by atoms with E-state index in [2.05, 4.69) is 10.6 Å². The van der Waals surface area contributed by atoms with Crippen molar-refractivity contribution < 1.29 is 14.3 Å². The number of hydrogen-bond acceptors (Lipinski definition) is 4. The number of nitrogens with one attached hydrogen (secondary N) is 2. The van der Waals surface area contributed by atoms with Crippen LogP contribution in [-0.2, 0) is 14.3 Å². The van der Waals surface area contributed by atoms with Crippen molar-refractivity contribution in [3.8, 4) is 0 Å². The molecule has 0 saturated carbocycles. The quantitative estimate of drug-likeness (QED) is 0.840. The molecule has 6 nitrogen and oxygen atoms in total. The van der Waals surface area contributed by atoms with Gasteiger partial charge in [-0.3, -0.25) is 9.59 Å². The van der Waals surface area contributed by atoms with Gasteiger partial charge in [-0.15, -0.1) is 0 Å². The first-order chi connectivity index (χ1) is 11.0. The number of anilines is 1. The minimum absolute atomic E-state index is 0.0141. The summed E-state index contributed by atoms with van der Waals surface area (Å²) in [6.07, 6.45) is 0.288. The molecule has 1 aromatic rings. The predicted molar refractivity (Wildman–Crippen MR) is 90.0 cm³/mol. The molecule has 2 amide bonds. The van der Waals surface area contributed by atoms with Crippen molar-refractivity contribution in [1.82, 2.24) is 10.2 Å². The van der Waals surface area contributed by atoms with Gasteiger partial charge in [0, 0.05) is 26.1 Å². The third-order valence-electron chi connectivity index (χ3n) is 3.45. The van der Waals surface area contributed by atoms with Crippen LogP contribution in [0.25, 0.3) is 0 Å². The third kappa shape index (κ3) is 5.35. The van der Waals surface area contributed by atoms with Gasteiger partial charge in [-0.1, -0.05) is 29.3 Å². The highest BCUT2D eigenvalue weighted by molar-refractivity contribution is 6.39. The van der Waals surface area contributed by atoms with Crippen LogP contribution in [-0.4, -0.2) is 56.1 Å². The molecule has 1 saturated heterocycles. The molecule has 0 radical (unpaired) electrons. The van der Waals surface area contributed by atoms with E-state index in [1.807, 2.05) is 0 Å². The Labute approximate surface area is 145 Å². The Hall–Kier alpha value is -1.34. The second kappa shape index (κ2) is 8.49. The van der Waals surface area contributed by atoms with Crippen molar-refractivity contribution in [2.75, 3.05) is 38.7 Å². The highest BCUT2D eigenvalue weighted by Crippen LogP contribution is 2.29.